The van der Waals surface area contributed by atoms with E-state index in [9.17, 15) is 0 Å². The monoisotopic (exact) mass is 208 g/mol. The van der Waals surface area contributed by atoms with Crippen LogP contribution in [-0.4, -0.2) is 4.84 Å². The molecular formula is C8H7Cl3. The number of benzene rings is 1. The lowest BCUT2D eigenvalue weighted by atomic mass is 10.2. The molecule has 0 N–H and O–H groups in total. The fourth-order valence-electron chi connectivity index (χ4n) is 0.782. The van der Waals surface area contributed by atoms with Gasteiger partial charge in [0.15, 0.2) is 0 Å². The van der Waals surface area contributed by atoms with Crippen LogP contribution in [0, 0.1) is 0 Å². The van der Waals surface area contributed by atoms with Crippen LogP contribution in [0.15, 0.2) is 30.3 Å². The molecule has 0 aliphatic heterocycles. The van der Waals surface area contributed by atoms with Gasteiger partial charge in [0.25, 0.3) is 0 Å². The third-order valence-electron chi connectivity index (χ3n) is 1.34. The molecule has 0 bridgehead atoms. The largest absolute Gasteiger partial charge is 0.128 e. The highest BCUT2D eigenvalue weighted by Gasteiger charge is 2.14. The first kappa shape index (κ1) is 9.18. The topological polar surface area (TPSA) is 0 Å². The van der Waals surface area contributed by atoms with Crippen LogP contribution in [0.4, 0.5) is 0 Å². The summed E-state index contributed by atoms with van der Waals surface area (Å²) in [4.78, 5) is -0.556. The molecular weight excluding hydrogens is 202 g/mol. The molecule has 0 unspecified atom stereocenters. The molecule has 1 aromatic rings. The van der Waals surface area contributed by atoms with Crippen LogP contribution in [0.3, 0.4) is 0 Å². The van der Waals surface area contributed by atoms with Crippen LogP contribution in [0.2, 0.25) is 0 Å². The third kappa shape index (κ3) is 2.55. The normalized spacial score (nSPS) is 13.5. The zero-order chi connectivity index (χ0) is 8.27. The fourth-order valence-corrected chi connectivity index (χ4v) is 1.22. The summed E-state index contributed by atoms with van der Waals surface area (Å²) in [5.41, 5.74) is 0.948. The van der Waals surface area contributed by atoms with E-state index in [0.29, 0.717) is 0 Å². The average molecular weight is 210 g/mol. The maximum absolute atomic E-state index is 5.88. The van der Waals surface area contributed by atoms with Gasteiger partial charge in [-0.15, -0.1) is 34.8 Å². The summed E-state index contributed by atoms with van der Waals surface area (Å²) in [6.07, 6.45) is 0. The molecule has 0 aromatic heterocycles. The summed E-state index contributed by atoms with van der Waals surface area (Å²) < 4.78 is 0. The molecule has 0 spiro atoms. The Hall–Kier alpha value is 0.0900. The summed E-state index contributed by atoms with van der Waals surface area (Å²) in [6, 6.07) is 9.52. The van der Waals surface area contributed by atoms with Gasteiger partial charge < -0.3 is 0 Å². The SMILES string of the molecule is ClC(Cl)[C@H](Cl)c1ccccc1. The molecule has 0 aliphatic rings. The fraction of sp³-hybridized carbons (Fsp3) is 0.250. The lowest BCUT2D eigenvalue weighted by Crippen LogP contribution is -1.98. The molecule has 11 heavy (non-hydrogen) atoms. The Bertz CT molecular complexity index is 208. The van der Waals surface area contributed by atoms with Crippen molar-refractivity contribution in [1.29, 1.82) is 0 Å². The summed E-state index contributed by atoms with van der Waals surface area (Å²) in [5, 5.41) is -0.320. The van der Waals surface area contributed by atoms with Crippen LogP contribution in [0.5, 0.6) is 0 Å². The molecule has 0 radical (unpaired) electrons. The van der Waals surface area contributed by atoms with Crippen molar-refractivity contribution in [3.8, 4) is 0 Å². The predicted octanol–water partition coefficient (Wildman–Crippen LogP) is 3.77. The van der Waals surface area contributed by atoms with Crippen molar-refractivity contribution in [2.24, 2.45) is 0 Å². The van der Waals surface area contributed by atoms with Crippen molar-refractivity contribution in [3.05, 3.63) is 35.9 Å². The molecule has 0 heterocycles. The van der Waals surface area contributed by atoms with Crippen molar-refractivity contribution in [2.75, 3.05) is 0 Å². The minimum atomic E-state index is -0.556. The standard InChI is InChI=1S/C8H7Cl3/c9-7(8(10)11)6-4-2-1-3-5-6/h1-5,7-8H/t7-/m1/s1. The number of rotatable bonds is 2. The van der Waals surface area contributed by atoms with Crippen molar-refractivity contribution in [1.82, 2.24) is 0 Å². The molecule has 0 nitrogen and oxygen atoms in total. The molecule has 1 atom stereocenters. The van der Waals surface area contributed by atoms with E-state index in [1.54, 1.807) is 0 Å². The summed E-state index contributed by atoms with van der Waals surface area (Å²) in [5.74, 6) is 0. The van der Waals surface area contributed by atoms with Gasteiger partial charge in [-0.1, -0.05) is 30.3 Å². The van der Waals surface area contributed by atoms with Crippen molar-refractivity contribution in [3.63, 3.8) is 0 Å². The second-order valence-electron chi connectivity index (χ2n) is 2.15. The van der Waals surface area contributed by atoms with Gasteiger partial charge in [0, 0.05) is 0 Å². The highest BCUT2D eigenvalue weighted by Crippen LogP contribution is 2.29. The Morgan fingerprint density at radius 1 is 0.909 bits per heavy atom. The molecule has 0 saturated carbocycles. The highest BCUT2D eigenvalue weighted by molar-refractivity contribution is 6.48. The van der Waals surface area contributed by atoms with Gasteiger partial charge in [0.1, 0.15) is 4.84 Å². The smallest absolute Gasteiger partial charge is 0.115 e. The summed E-state index contributed by atoms with van der Waals surface area (Å²) in [6.45, 7) is 0. The van der Waals surface area contributed by atoms with Crippen LogP contribution in [-0.2, 0) is 0 Å². The van der Waals surface area contributed by atoms with Gasteiger partial charge in [-0.2, -0.15) is 0 Å². The zero-order valence-electron chi connectivity index (χ0n) is 5.68. The summed E-state index contributed by atoms with van der Waals surface area (Å²) >= 11 is 17.1. The molecule has 0 saturated heterocycles. The summed E-state index contributed by atoms with van der Waals surface area (Å²) in [7, 11) is 0. The van der Waals surface area contributed by atoms with E-state index in [1.165, 1.54) is 0 Å². The van der Waals surface area contributed by atoms with E-state index in [2.05, 4.69) is 0 Å². The van der Waals surface area contributed by atoms with Gasteiger partial charge in [0.05, 0.1) is 5.38 Å². The molecule has 3 heteroatoms. The Labute approximate surface area is 81.1 Å². The van der Waals surface area contributed by atoms with Crippen LogP contribution < -0.4 is 0 Å². The number of halogens is 3. The second kappa shape index (κ2) is 4.20. The predicted molar refractivity (Wildman–Crippen MR) is 50.5 cm³/mol. The molecule has 0 fully saturated rings. The minimum Gasteiger partial charge on any atom is -0.115 e. The molecule has 60 valence electrons. The number of alkyl halides is 3. The Morgan fingerprint density at radius 3 is 1.91 bits per heavy atom. The average Bonchev–Trinajstić information content (AvgIpc) is 2.05. The van der Waals surface area contributed by atoms with Gasteiger partial charge in [-0.3, -0.25) is 0 Å². The highest BCUT2D eigenvalue weighted by atomic mass is 35.5. The van der Waals surface area contributed by atoms with Gasteiger partial charge in [-0.25, -0.2) is 0 Å². The van der Waals surface area contributed by atoms with Crippen LogP contribution >= 0.6 is 34.8 Å². The van der Waals surface area contributed by atoms with Gasteiger partial charge in [-0.05, 0) is 5.56 Å². The minimum absolute atomic E-state index is 0.320. The van der Waals surface area contributed by atoms with Crippen LogP contribution in [0.1, 0.15) is 10.9 Å². The maximum atomic E-state index is 5.88. The molecule has 0 aliphatic carbocycles. The molecule has 1 rings (SSSR count). The quantitative estimate of drug-likeness (QED) is 0.651. The van der Waals surface area contributed by atoms with Gasteiger partial charge in [0.2, 0.25) is 0 Å². The van der Waals surface area contributed by atoms with Gasteiger partial charge >= 0.3 is 0 Å². The maximum Gasteiger partial charge on any atom is 0.128 e. The van der Waals surface area contributed by atoms with E-state index >= 15 is 0 Å². The first-order valence-electron chi connectivity index (χ1n) is 3.19. The third-order valence-corrected chi connectivity index (χ3v) is 2.61. The number of hydrogen-bond acceptors (Lipinski definition) is 0. The van der Waals surface area contributed by atoms with Crippen LogP contribution in [0.25, 0.3) is 0 Å². The Morgan fingerprint density at radius 2 is 1.45 bits per heavy atom. The van der Waals surface area contributed by atoms with Crippen molar-refractivity contribution >= 4 is 34.8 Å². The Balaban J connectivity index is 2.77. The molecule has 0 amide bonds. The lowest BCUT2D eigenvalue weighted by Gasteiger charge is -2.09. The van der Waals surface area contributed by atoms with E-state index in [1.807, 2.05) is 30.3 Å². The van der Waals surface area contributed by atoms with E-state index in [4.69, 9.17) is 34.8 Å². The van der Waals surface area contributed by atoms with Crippen molar-refractivity contribution in [2.45, 2.75) is 10.2 Å². The number of hydrogen-bond donors (Lipinski definition) is 0. The van der Waals surface area contributed by atoms with E-state index in [0.717, 1.165) is 5.56 Å². The van der Waals surface area contributed by atoms with E-state index < -0.39 is 4.84 Å². The molecule has 1 aromatic carbocycles. The second-order valence-corrected chi connectivity index (χ2v) is 3.78. The zero-order valence-corrected chi connectivity index (χ0v) is 7.94. The Kier molecular flexibility index (Phi) is 3.50. The van der Waals surface area contributed by atoms with E-state index in [-0.39, 0.29) is 5.38 Å². The van der Waals surface area contributed by atoms with Crippen molar-refractivity contribution < 1.29 is 0 Å². The first-order chi connectivity index (χ1) is 5.22. The first-order valence-corrected chi connectivity index (χ1v) is 4.50. The lowest BCUT2D eigenvalue weighted by molar-refractivity contribution is 1.04.